The SMILES string of the molecule is CCCCC(CC)C(=O)O.CCCCC(CC)C(=O)O.CCCCC(CC)C(=O)O.CCCCC(CC)C(=O)O.[Cl][SnH]. The second-order valence-corrected chi connectivity index (χ2v) is 10.3. The van der Waals surface area contributed by atoms with Crippen molar-refractivity contribution in [1.29, 1.82) is 0 Å². The van der Waals surface area contributed by atoms with Crippen molar-refractivity contribution >= 4 is 54.2 Å². The molecule has 0 rings (SSSR count). The predicted octanol–water partition coefficient (Wildman–Crippen LogP) is 9.19. The van der Waals surface area contributed by atoms with Crippen molar-refractivity contribution in [2.75, 3.05) is 0 Å². The zero-order valence-electron chi connectivity index (χ0n) is 28.0. The normalized spacial score (nSPS) is 12.5. The fraction of sp³-hybridized carbons (Fsp3) is 0.875. The van der Waals surface area contributed by atoms with Gasteiger partial charge in [-0.1, -0.05) is 107 Å². The van der Waals surface area contributed by atoms with E-state index in [9.17, 15) is 19.2 Å². The van der Waals surface area contributed by atoms with Crippen LogP contribution in [0.15, 0.2) is 0 Å². The van der Waals surface area contributed by atoms with Crippen LogP contribution in [0.1, 0.15) is 158 Å². The second kappa shape index (κ2) is 40.0. The molecule has 0 aromatic carbocycles. The number of carboxylic acid groups (broad SMARTS) is 4. The van der Waals surface area contributed by atoms with Crippen molar-refractivity contribution in [1.82, 2.24) is 0 Å². The van der Waals surface area contributed by atoms with E-state index in [1.165, 1.54) is 0 Å². The molecule has 4 N–H and O–H groups in total. The number of aliphatic carboxylic acids is 4. The second-order valence-electron chi connectivity index (χ2n) is 10.3. The number of rotatable bonds is 20. The van der Waals surface area contributed by atoms with E-state index < -0.39 is 23.9 Å². The van der Waals surface area contributed by atoms with E-state index in [0.717, 1.165) is 124 Å². The molecule has 8 nitrogen and oxygen atoms in total. The fourth-order valence-electron chi connectivity index (χ4n) is 3.81. The van der Waals surface area contributed by atoms with Gasteiger partial charge in [-0.3, -0.25) is 19.2 Å². The Bertz CT molecular complexity index is 515. The molecule has 0 aliphatic heterocycles. The molecule has 2 radical (unpaired) electrons. The monoisotopic (exact) mass is 732 g/mol. The first-order valence-electron chi connectivity index (χ1n) is 16.0. The number of unbranched alkanes of at least 4 members (excludes halogenated alkanes) is 4. The van der Waals surface area contributed by atoms with Gasteiger partial charge in [-0.15, -0.1) is 0 Å². The van der Waals surface area contributed by atoms with Gasteiger partial charge in [-0.2, -0.15) is 0 Å². The fourth-order valence-corrected chi connectivity index (χ4v) is 3.81. The quantitative estimate of drug-likeness (QED) is 0.0906. The molecule has 0 saturated carbocycles. The van der Waals surface area contributed by atoms with E-state index in [1.54, 1.807) is 0 Å². The molecule has 0 aromatic heterocycles. The summed E-state index contributed by atoms with van der Waals surface area (Å²) in [6.45, 7) is 16.0. The third kappa shape index (κ3) is 37.0. The molecule has 0 bridgehead atoms. The van der Waals surface area contributed by atoms with Gasteiger partial charge in [0.2, 0.25) is 0 Å². The van der Waals surface area contributed by atoms with E-state index in [1.807, 2.05) is 27.7 Å². The van der Waals surface area contributed by atoms with Crippen LogP contribution in [0, 0.1) is 23.7 Å². The Morgan fingerprint density at radius 2 is 0.571 bits per heavy atom. The minimum absolute atomic E-state index is 0.111. The molecule has 0 heterocycles. The maximum absolute atomic E-state index is 10.4. The van der Waals surface area contributed by atoms with E-state index in [0.29, 0.717) is 0 Å². The van der Waals surface area contributed by atoms with E-state index in [4.69, 9.17) is 29.3 Å². The number of carbonyl (C=O) groups is 4. The molecule has 0 aromatic rings. The van der Waals surface area contributed by atoms with E-state index in [-0.39, 0.29) is 23.7 Å². The zero-order chi connectivity index (χ0) is 33.9. The number of carboxylic acids is 4. The molecular weight excluding hydrogens is 667 g/mol. The third-order valence-corrected chi connectivity index (χ3v) is 6.99. The van der Waals surface area contributed by atoms with Gasteiger partial charge in [0.25, 0.3) is 0 Å². The molecular formula is C32H65ClO8Sn. The van der Waals surface area contributed by atoms with Crippen molar-refractivity contribution < 1.29 is 39.6 Å². The van der Waals surface area contributed by atoms with Crippen LogP contribution in [0.5, 0.6) is 0 Å². The van der Waals surface area contributed by atoms with Gasteiger partial charge in [-0.05, 0) is 51.4 Å². The maximum atomic E-state index is 10.4. The first-order chi connectivity index (χ1) is 19.9. The summed E-state index contributed by atoms with van der Waals surface area (Å²) in [5.74, 6) is -3.02. The van der Waals surface area contributed by atoms with Crippen molar-refractivity contribution in [2.45, 2.75) is 158 Å². The van der Waals surface area contributed by atoms with Crippen molar-refractivity contribution in [3.8, 4) is 0 Å². The Hall–Kier alpha value is -1.03. The van der Waals surface area contributed by atoms with Crippen LogP contribution < -0.4 is 0 Å². The van der Waals surface area contributed by atoms with Gasteiger partial charge in [0, 0.05) is 0 Å². The Morgan fingerprint density at radius 3 is 0.643 bits per heavy atom. The summed E-state index contributed by atoms with van der Waals surface area (Å²) in [6.07, 6.45) is 14.9. The van der Waals surface area contributed by atoms with Crippen molar-refractivity contribution in [3.05, 3.63) is 0 Å². The standard InChI is InChI=1S/4C8H16O2.ClH.Sn.H/c4*1-3-5-6-7(4-2)8(9)10;;;/h4*7H,3-6H2,1-2H3,(H,9,10);1H;;/q;;;;;+1;/p-1. The summed E-state index contributed by atoms with van der Waals surface area (Å²) in [6, 6.07) is 0. The Kier molecular flexibility index (Phi) is 48.1. The van der Waals surface area contributed by atoms with Crippen LogP contribution in [0.25, 0.3) is 0 Å². The molecule has 10 heteroatoms. The summed E-state index contributed by atoms with van der Waals surface area (Å²) in [4.78, 5) is 41.7. The van der Waals surface area contributed by atoms with Gasteiger partial charge >= 0.3 is 54.2 Å². The number of hydrogen-bond acceptors (Lipinski definition) is 4. The predicted molar refractivity (Wildman–Crippen MR) is 177 cm³/mol. The molecule has 0 fully saturated rings. The molecule has 0 spiro atoms. The molecule has 0 amide bonds. The average molecular weight is 732 g/mol. The van der Waals surface area contributed by atoms with Gasteiger partial charge in [0.15, 0.2) is 0 Å². The van der Waals surface area contributed by atoms with Gasteiger partial charge in [-0.25, -0.2) is 0 Å². The first kappa shape index (κ1) is 50.6. The first-order valence-corrected chi connectivity index (χ1v) is 20.2. The summed E-state index contributed by atoms with van der Waals surface area (Å²) in [5, 5.41) is 34.4. The average Bonchev–Trinajstić information content (AvgIpc) is 2.96. The molecule has 0 aliphatic carbocycles. The van der Waals surface area contributed by atoms with Crippen molar-refractivity contribution in [3.63, 3.8) is 0 Å². The molecule has 42 heavy (non-hydrogen) atoms. The van der Waals surface area contributed by atoms with Crippen LogP contribution in [0.4, 0.5) is 0 Å². The molecule has 0 aliphatic rings. The van der Waals surface area contributed by atoms with Gasteiger partial charge in [0.1, 0.15) is 0 Å². The summed E-state index contributed by atoms with van der Waals surface area (Å²) < 4.78 is 0. The van der Waals surface area contributed by atoms with Crippen molar-refractivity contribution in [2.24, 2.45) is 23.7 Å². The summed E-state index contributed by atoms with van der Waals surface area (Å²) in [7, 11) is 4.77. The Labute approximate surface area is 274 Å². The summed E-state index contributed by atoms with van der Waals surface area (Å²) >= 11 is 0.822. The van der Waals surface area contributed by atoms with Crippen LogP contribution in [0.3, 0.4) is 0 Å². The zero-order valence-corrected chi connectivity index (χ0v) is 32.1. The molecule has 4 atom stereocenters. The van der Waals surface area contributed by atoms with Crippen LogP contribution >= 0.6 is 8.92 Å². The Morgan fingerprint density at radius 1 is 0.429 bits per heavy atom. The van der Waals surface area contributed by atoms with Gasteiger partial charge in [0.05, 0.1) is 23.7 Å². The minimum atomic E-state index is -0.643. The number of halogens is 1. The van der Waals surface area contributed by atoms with Crippen LogP contribution in [0.2, 0.25) is 0 Å². The van der Waals surface area contributed by atoms with Crippen LogP contribution in [-0.4, -0.2) is 65.7 Å². The molecule has 252 valence electrons. The summed E-state index contributed by atoms with van der Waals surface area (Å²) in [5.41, 5.74) is 0. The van der Waals surface area contributed by atoms with E-state index >= 15 is 0 Å². The van der Waals surface area contributed by atoms with Crippen LogP contribution in [-0.2, 0) is 19.2 Å². The molecule has 0 saturated heterocycles. The molecule has 4 unspecified atom stereocenters. The number of hydrogen-bond donors (Lipinski definition) is 4. The van der Waals surface area contributed by atoms with Gasteiger partial charge < -0.3 is 20.4 Å². The third-order valence-electron chi connectivity index (χ3n) is 6.99. The van der Waals surface area contributed by atoms with E-state index in [2.05, 4.69) is 27.7 Å². The Balaban J connectivity index is -0.000000142. The topological polar surface area (TPSA) is 149 Å².